The molecular formula is C16H16BrFO3. The summed E-state index contributed by atoms with van der Waals surface area (Å²) in [4.78, 5) is 0. The molecule has 0 amide bonds. The quantitative estimate of drug-likeness (QED) is 0.723. The topological polar surface area (TPSA) is 27.7 Å². The van der Waals surface area contributed by atoms with E-state index in [-0.39, 0.29) is 12.4 Å². The highest BCUT2D eigenvalue weighted by Gasteiger charge is 2.10. The maximum Gasteiger partial charge on any atom is 0.171 e. The van der Waals surface area contributed by atoms with E-state index in [0.29, 0.717) is 16.6 Å². The first-order chi connectivity index (χ1) is 10.2. The molecule has 0 radical (unpaired) electrons. The number of hydrogen-bond donors (Lipinski definition) is 0. The van der Waals surface area contributed by atoms with Gasteiger partial charge >= 0.3 is 0 Å². The van der Waals surface area contributed by atoms with Gasteiger partial charge in [0.05, 0.1) is 14.2 Å². The number of ether oxygens (including phenoxy) is 3. The Morgan fingerprint density at radius 3 is 2.48 bits per heavy atom. The minimum absolute atomic E-state index is 0.134. The van der Waals surface area contributed by atoms with Gasteiger partial charge in [-0.05, 0) is 24.3 Å². The number of hydrogen-bond acceptors (Lipinski definition) is 3. The third-order valence-electron chi connectivity index (χ3n) is 3.06. The molecule has 0 bridgehead atoms. The molecule has 5 heteroatoms. The summed E-state index contributed by atoms with van der Waals surface area (Å²) >= 11 is 3.41. The van der Waals surface area contributed by atoms with E-state index < -0.39 is 5.82 Å². The van der Waals surface area contributed by atoms with Crippen LogP contribution in [0.2, 0.25) is 0 Å². The summed E-state index contributed by atoms with van der Waals surface area (Å²) in [5.74, 6) is 1.26. The molecule has 0 aliphatic carbocycles. The van der Waals surface area contributed by atoms with E-state index in [1.54, 1.807) is 25.3 Å². The minimum Gasteiger partial charge on any atom is -0.497 e. The highest BCUT2D eigenvalue weighted by molar-refractivity contribution is 9.08. The lowest BCUT2D eigenvalue weighted by Crippen LogP contribution is -2.02. The fraction of sp³-hybridized carbons (Fsp3) is 0.250. The summed E-state index contributed by atoms with van der Waals surface area (Å²) in [7, 11) is 3.05. The van der Waals surface area contributed by atoms with E-state index in [9.17, 15) is 4.39 Å². The van der Waals surface area contributed by atoms with Crippen LogP contribution in [-0.4, -0.2) is 14.2 Å². The monoisotopic (exact) mass is 354 g/mol. The van der Waals surface area contributed by atoms with Crippen molar-refractivity contribution in [1.82, 2.24) is 0 Å². The summed E-state index contributed by atoms with van der Waals surface area (Å²) in [6.07, 6.45) is 0. The molecule has 2 aromatic carbocycles. The van der Waals surface area contributed by atoms with Gasteiger partial charge in [0.25, 0.3) is 0 Å². The van der Waals surface area contributed by atoms with Gasteiger partial charge in [0, 0.05) is 16.5 Å². The zero-order valence-electron chi connectivity index (χ0n) is 11.9. The van der Waals surface area contributed by atoms with E-state index in [1.807, 2.05) is 18.2 Å². The van der Waals surface area contributed by atoms with Crippen molar-refractivity contribution in [2.75, 3.05) is 14.2 Å². The van der Waals surface area contributed by atoms with Gasteiger partial charge in [0.1, 0.15) is 18.1 Å². The molecule has 0 aromatic heterocycles. The second-order valence-electron chi connectivity index (χ2n) is 4.33. The van der Waals surface area contributed by atoms with E-state index >= 15 is 0 Å². The predicted octanol–water partition coefficient (Wildman–Crippen LogP) is 4.32. The maximum absolute atomic E-state index is 14.0. The molecule has 0 fully saturated rings. The normalized spacial score (nSPS) is 10.3. The zero-order valence-corrected chi connectivity index (χ0v) is 13.4. The summed E-state index contributed by atoms with van der Waals surface area (Å²) in [6, 6.07) is 10.5. The van der Waals surface area contributed by atoms with Crippen molar-refractivity contribution >= 4 is 15.9 Å². The predicted molar refractivity (Wildman–Crippen MR) is 82.9 cm³/mol. The van der Waals surface area contributed by atoms with Crippen molar-refractivity contribution in [3.05, 3.63) is 53.3 Å². The number of benzene rings is 2. The van der Waals surface area contributed by atoms with Crippen LogP contribution in [-0.2, 0) is 11.9 Å². The summed E-state index contributed by atoms with van der Waals surface area (Å²) in [6.45, 7) is 0.134. The molecule has 0 atom stereocenters. The summed E-state index contributed by atoms with van der Waals surface area (Å²) in [5.41, 5.74) is 1.39. The van der Waals surface area contributed by atoms with Crippen molar-refractivity contribution in [3.8, 4) is 17.2 Å². The molecule has 2 aromatic rings. The zero-order chi connectivity index (χ0) is 15.2. The van der Waals surface area contributed by atoms with Gasteiger partial charge in [-0.3, -0.25) is 0 Å². The molecule has 0 heterocycles. The molecule has 0 N–H and O–H groups in total. The number of rotatable bonds is 6. The van der Waals surface area contributed by atoms with Gasteiger partial charge in [-0.2, -0.15) is 0 Å². The van der Waals surface area contributed by atoms with Crippen molar-refractivity contribution in [1.29, 1.82) is 0 Å². The van der Waals surface area contributed by atoms with E-state index in [2.05, 4.69) is 15.9 Å². The molecule has 21 heavy (non-hydrogen) atoms. The highest BCUT2D eigenvalue weighted by atomic mass is 79.9. The second kappa shape index (κ2) is 7.31. The van der Waals surface area contributed by atoms with Crippen molar-refractivity contribution in [2.24, 2.45) is 0 Å². The molecule has 0 saturated heterocycles. The lowest BCUT2D eigenvalue weighted by atomic mass is 10.2. The Balaban J connectivity index is 2.16. The first-order valence-corrected chi connectivity index (χ1v) is 7.48. The van der Waals surface area contributed by atoms with Gasteiger partial charge in [-0.15, -0.1) is 0 Å². The Labute approximate surface area is 131 Å². The van der Waals surface area contributed by atoms with Crippen LogP contribution in [0, 0.1) is 5.82 Å². The molecule has 112 valence electrons. The molecule has 2 rings (SSSR count). The Kier molecular flexibility index (Phi) is 5.44. The highest BCUT2D eigenvalue weighted by Crippen LogP contribution is 2.28. The van der Waals surface area contributed by atoms with Gasteiger partial charge < -0.3 is 14.2 Å². The van der Waals surface area contributed by atoms with E-state index in [0.717, 1.165) is 11.3 Å². The van der Waals surface area contributed by atoms with Crippen LogP contribution in [0.5, 0.6) is 17.2 Å². The average Bonchev–Trinajstić information content (AvgIpc) is 2.53. The molecule has 0 aliphatic heterocycles. The molecule has 3 nitrogen and oxygen atoms in total. The average molecular weight is 355 g/mol. The van der Waals surface area contributed by atoms with Gasteiger partial charge in [0.15, 0.2) is 11.6 Å². The lowest BCUT2D eigenvalue weighted by molar-refractivity contribution is 0.293. The van der Waals surface area contributed by atoms with Crippen molar-refractivity contribution in [2.45, 2.75) is 11.9 Å². The fourth-order valence-corrected chi connectivity index (χ4v) is 2.35. The second-order valence-corrected chi connectivity index (χ2v) is 4.89. The summed E-state index contributed by atoms with van der Waals surface area (Å²) in [5, 5.41) is 0.625. The molecule has 0 aliphatic rings. The Morgan fingerprint density at radius 1 is 1.00 bits per heavy atom. The molecule has 0 unspecified atom stereocenters. The standard InChI is InChI=1S/C16H16BrFO3/c1-19-13-6-7-14(12(8-13)9-17)21-10-11-4-3-5-15(20-2)16(11)18/h3-8H,9-10H2,1-2H3. The third-order valence-corrected chi connectivity index (χ3v) is 3.66. The smallest absolute Gasteiger partial charge is 0.171 e. The van der Waals surface area contributed by atoms with Crippen LogP contribution in [0.25, 0.3) is 0 Å². The van der Waals surface area contributed by atoms with Gasteiger partial charge in [-0.1, -0.05) is 28.1 Å². The lowest BCUT2D eigenvalue weighted by Gasteiger charge is -2.13. The Bertz CT molecular complexity index is 616. The number of methoxy groups -OCH3 is 2. The molecule has 0 spiro atoms. The van der Waals surface area contributed by atoms with Crippen LogP contribution in [0.3, 0.4) is 0 Å². The van der Waals surface area contributed by atoms with Crippen LogP contribution in [0.1, 0.15) is 11.1 Å². The van der Waals surface area contributed by atoms with Gasteiger partial charge in [-0.25, -0.2) is 4.39 Å². The van der Waals surface area contributed by atoms with E-state index in [1.165, 1.54) is 7.11 Å². The summed E-state index contributed by atoms with van der Waals surface area (Å²) < 4.78 is 29.9. The number of alkyl halides is 1. The van der Waals surface area contributed by atoms with Crippen molar-refractivity contribution in [3.63, 3.8) is 0 Å². The van der Waals surface area contributed by atoms with Crippen LogP contribution >= 0.6 is 15.9 Å². The first-order valence-electron chi connectivity index (χ1n) is 6.36. The maximum atomic E-state index is 14.0. The third kappa shape index (κ3) is 3.67. The Morgan fingerprint density at radius 2 is 1.81 bits per heavy atom. The van der Waals surface area contributed by atoms with Gasteiger partial charge in [0.2, 0.25) is 0 Å². The largest absolute Gasteiger partial charge is 0.497 e. The van der Waals surface area contributed by atoms with Crippen molar-refractivity contribution < 1.29 is 18.6 Å². The number of halogens is 2. The molecular weight excluding hydrogens is 339 g/mol. The van der Waals surface area contributed by atoms with E-state index in [4.69, 9.17) is 14.2 Å². The molecule has 0 saturated carbocycles. The van der Waals surface area contributed by atoms with Crippen LogP contribution < -0.4 is 14.2 Å². The van der Waals surface area contributed by atoms with Crippen LogP contribution in [0.4, 0.5) is 4.39 Å². The fourth-order valence-electron chi connectivity index (χ4n) is 1.91. The SMILES string of the molecule is COc1ccc(OCc2cccc(OC)c2F)c(CBr)c1. The van der Waals surface area contributed by atoms with Crippen LogP contribution in [0.15, 0.2) is 36.4 Å². The minimum atomic E-state index is -0.395. The first kappa shape index (κ1) is 15.6. The Hall–Kier alpha value is -1.75.